The Balaban J connectivity index is 2.11. The highest BCUT2D eigenvalue weighted by Crippen LogP contribution is 2.21. The monoisotopic (exact) mass is 248 g/mol. The van der Waals surface area contributed by atoms with E-state index in [2.05, 4.69) is 38.0 Å². The van der Waals surface area contributed by atoms with Crippen LogP contribution in [0.1, 0.15) is 39.2 Å². The molecular weight excluding hydrogens is 228 g/mol. The minimum Gasteiger partial charge on any atom is -0.361 e. The van der Waals surface area contributed by atoms with Gasteiger partial charge in [-0.3, -0.25) is 0 Å². The van der Waals surface area contributed by atoms with E-state index in [1.165, 1.54) is 0 Å². The predicted octanol–water partition coefficient (Wildman–Crippen LogP) is 3.73. The summed E-state index contributed by atoms with van der Waals surface area (Å²) in [6.07, 6.45) is 1.79. The van der Waals surface area contributed by atoms with Crippen molar-refractivity contribution >= 4 is 0 Å². The van der Waals surface area contributed by atoms with Crippen molar-refractivity contribution in [2.24, 2.45) is 11.8 Å². The third kappa shape index (κ3) is 3.22. The second-order valence-electron chi connectivity index (χ2n) is 5.55. The van der Waals surface area contributed by atoms with Gasteiger partial charge in [-0.25, -0.2) is 0 Å². The van der Waals surface area contributed by atoms with Gasteiger partial charge < -0.3 is 9.05 Å². The number of hydrogen-bond acceptors (Lipinski definition) is 4. The molecule has 0 saturated heterocycles. The molecule has 18 heavy (non-hydrogen) atoms. The van der Waals surface area contributed by atoms with Crippen LogP contribution in [0.25, 0.3) is 11.4 Å². The summed E-state index contributed by atoms with van der Waals surface area (Å²) in [6, 6.07) is 3.88. The van der Waals surface area contributed by atoms with Crippen LogP contribution in [0.4, 0.5) is 0 Å². The maximum Gasteiger partial charge on any atom is 0.137 e. The number of hydrogen-bond donors (Lipinski definition) is 0. The van der Waals surface area contributed by atoms with Crippen molar-refractivity contribution in [2.75, 3.05) is 0 Å². The summed E-state index contributed by atoms with van der Waals surface area (Å²) in [6.45, 7) is 8.61. The molecule has 98 valence electrons. The van der Waals surface area contributed by atoms with E-state index in [1.54, 1.807) is 0 Å². The molecule has 0 saturated carbocycles. The molecule has 4 heteroatoms. The minimum absolute atomic E-state index is 0.555. The molecule has 0 atom stereocenters. The summed E-state index contributed by atoms with van der Waals surface area (Å²) in [5.41, 5.74) is 1.51. The van der Waals surface area contributed by atoms with Crippen LogP contribution in [-0.4, -0.2) is 10.3 Å². The van der Waals surface area contributed by atoms with E-state index in [1.807, 2.05) is 12.1 Å². The Morgan fingerprint density at radius 3 is 1.56 bits per heavy atom. The van der Waals surface area contributed by atoms with E-state index in [4.69, 9.17) is 9.05 Å². The SMILES string of the molecule is CC(C)Cc1cc(-c2cc(CC(C)C)on2)no1. The van der Waals surface area contributed by atoms with Crippen LogP contribution in [0.3, 0.4) is 0 Å². The molecule has 0 spiro atoms. The van der Waals surface area contributed by atoms with Crippen molar-refractivity contribution in [1.29, 1.82) is 0 Å². The first-order valence-corrected chi connectivity index (χ1v) is 6.46. The van der Waals surface area contributed by atoms with Gasteiger partial charge in [-0.1, -0.05) is 38.0 Å². The second kappa shape index (κ2) is 5.38. The Labute approximate surface area is 107 Å². The zero-order valence-electron chi connectivity index (χ0n) is 11.4. The molecule has 0 unspecified atom stereocenters. The van der Waals surface area contributed by atoms with E-state index in [0.29, 0.717) is 11.8 Å². The van der Waals surface area contributed by atoms with Gasteiger partial charge in [0.1, 0.15) is 22.9 Å². The van der Waals surface area contributed by atoms with Crippen LogP contribution < -0.4 is 0 Å². The lowest BCUT2D eigenvalue weighted by Crippen LogP contribution is -1.91. The van der Waals surface area contributed by atoms with E-state index >= 15 is 0 Å². The molecule has 0 fully saturated rings. The molecular formula is C14H20N2O2. The average molecular weight is 248 g/mol. The molecule has 0 amide bonds. The lowest BCUT2D eigenvalue weighted by Gasteiger charge is -1.97. The lowest BCUT2D eigenvalue weighted by molar-refractivity contribution is 0.364. The molecule has 2 aromatic rings. The summed E-state index contributed by atoms with van der Waals surface area (Å²) < 4.78 is 10.6. The first kappa shape index (κ1) is 12.9. The number of aromatic nitrogens is 2. The summed E-state index contributed by atoms with van der Waals surface area (Å²) in [7, 11) is 0. The van der Waals surface area contributed by atoms with Crippen LogP contribution in [0, 0.1) is 11.8 Å². The molecule has 4 nitrogen and oxygen atoms in total. The fraction of sp³-hybridized carbons (Fsp3) is 0.571. The van der Waals surface area contributed by atoms with Crippen LogP contribution >= 0.6 is 0 Å². The van der Waals surface area contributed by atoms with Crippen molar-refractivity contribution in [2.45, 2.75) is 40.5 Å². The van der Waals surface area contributed by atoms with Crippen molar-refractivity contribution < 1.29 is 9.05 Å². The van der Waals surface area contributed by atoms with E-state index in [-0.39, 0.29) is 0 Å². The van der Waals surface area contributed by atoms with Crippen molar-refractivity contribution in [3.8, 4) is 11.4 Å². The van der Waals surface area contributed by atoms with Gasteiger partial charge in [-0.2, -0.15) is 0 Å². The van der Waals surface area contributed by atoms with E-state index < -0.39 is 0 Å². The lowest BCUT2D eigenvalue weighted by atomic mass is 10.1. The Hall–Kier alpha value is -1.58. The third-order valence-electron chi connectivity index (χ3n) is 2.60. The summed E-state index contributed by atoms with van der Waals surface area (Å²) in [5.74, 6) is 2.90. The molecule has 2 aromatic heterocycles. The van der Waals surface area contributed by atoms with Crippen LogP contribution in [0.2, 0.25) is 0 Å². The zero-order chi connectivity index (χ0) is 13.1. The van der Waals surface area contributed by atoms with Gasteiger partial charge in [0, 0.05) is 25.0 Å². The summed E-state index contributed by atoms with van der Waals surface area (Å²) >= 11 is 0. The maximum absolute atomic E-state index is 5.29. The molecule has 0 bridgehead atoms. The van der Waals surface area contributed by atoms with Crippen molar-refractivity contribution in [1.82, 2.24) is 10.3 Å². The first-order chi connectivity index (χ1) is 8.54. The van der Waals surface area contributed by atoms with Gasteiger partial charge in [-0.05, 0) is 11.8 Å². The highest BCUT2D eigenvalue weighted by molar-refractivity contribution is 5.53. The normalized spacial score (nSPS) is 11.7. The van der Waals surface area contributed by atoms with Crippen LogP contribution in [0.15, 0.2) is 21.2 Å². The fourth-order valence-corrected chi connectivity index (χ4v) is 1.86. The van der Waals surface area contributed by atoms with Crippen LogP contribution in [0.5, 0.6) is 0 Å². The highest BCUT2D eigenvalue weighted by Gasteiger charge is 2.13. The van der Waals surface area contributed by atoms with Gasteiger partial charge in [0.15, 0.2) is 0 Å². The Morgan fingerprint density at radius 2 is 1.22 bits per heavy atom. The average Bonchev–Trinajstić information content (AvgIpc) is 2.85. The Kier molecular flexibility index (Phi) is 3.84. The molecule has 0 radical (unpaired) electrons. The number of nitrogens with zero attached hydrogens (tertiary/aromatic N) is 2. The quantitative estimate of drug-likeness (QED) is 0.809. The van der Waals surface area contributed by atoms with Crippen LogP contribution in [-0.2, 0) is 12.8 Å². The van der Waals surface area contributed by atoms with Gasteiger partial charge in [0.05, 0.1) is 0 Å². The maximum atomic E-state index is 5.29. The molecule has 0 aliphatic rings. The smallest absolute Gasteiger partial charge is 0.137 e. The summed E-state index contributed by atoms with van der Waals surface area (Å²) in [5, 5.41) is 8.07. The van der Waals surface area contributed by atoms with Gasteiger partial charge in [-0.15, -0.1) is 0 Å². The Bertz CT molecular complexity index is 451. The number of rotatable bonds is 5. The largest absolute Gasteiger partial charge is 0.361 e. The minimum atomic E-state index is 0.555. The molecule has 2 heterocycles. The molecule has 0 aromatic carbocycles. The van der Waals surface area contributed by atoms with Crippen molar-refractivity contribution in [3.63, 3.8) is 0 Å². The van der Waals surface area contributed by atoms with E-state index in [0.717, 1.165) is 35.7 Å². The summed E-state index contributed by atoms with van der Waals surface area (Å²) in [4.78, 5) is 0. The Morgan fingerprint density at radius 1 is 0.833 bits per heavy atom. The fourth-order valence-electron chi connectivity index (χ4n) is 1.86. The zero-order valence-corrected chi connectivity index (χ0v) is 11.4. The first-order valence-electron chi connectivity index (χ1n) is 6.46. The van der Waals surface area contributed by atoms with Gasteiger partial charge >= 0.3 is 0 Å². The van der Waals surface area contributed by atoms with E-state index in [9.17, 15) is 0 Å². The molecule has 2 rings (SSSR count). The topological polar surface area (TPSA) is 52.1 Å². The van der Waals surface area contributed by atoms with Crippen molar-refractivity contribution in [3.05, 3.63) is 23.7 Å². The standard InChI is InChI=1S/C14H20N2O2/c1-9(2)5-11-7-13(15-17-11)14-8-12(18-16-14)6-10(3)4/h7-10H,5-6H2,1-4H3. The van der Waals surface area contributed by atoms with Gasteiger partial charge in [0.2, 0.25) is 0 Å². The predicted molar refractivity (Wildman–Crippen MR) is 69.1 cm³/mol. The molecule has 0 aliphatic heterocycles. The molecule has 0 aliphatic carbocycles. The van der Waals surface area contributed by atoms with Gasteiger partial charge in [0.25, 0.3) is 0 Å². The highest BCUT2D eigenvalue weighted by atomic mass is 16.5. The third-order valence-corrected chi connectivity index (χ3v) is 2.60. The second-order valence-corrected chi connectivity index (χ2v) is 5.55. The molecule has 0 N–H and O–H groups in total.